The van der Waals surface area contributed by atoms with Gasteiger partial charge in [-0.05, 0) is 31.2 Å². The maximum absolute atomic E-state index is 13.2. The first-order valence-corrected chi connectivity index (χ1v) is 10.3. The summed E-state index contributed by atoms with van der Waals surface area (Å²) in [6.07, 6.45) is -3.90. The minimum atomic E-state index is -4.47. The number of benzene rings is 2. The molecule has 0 fully saturated rings. The van der Waals surface area contributed by atoms with Crippen molar-refractivity contribution in [3.63, 3.8) is 0 Å². The number of halogens is 3. The lowest BCUT2D eigenvalue weighted by atomic mass is 9.86. The Kier molecular flexibility index (Phi) is 5.27. The molecule has 0 unspecified atom stereocenters. The summed E-state index contributed by atoms with van der Waals surface area (Å²) < 4.78 is 45.6. The second-order valence-electron chi connectivity index (χ2n) is 7.19. The van der Waals surface area contributed by atoms with Gasteiger partial charge >= 0.3 is 6.18 Å². The molecule has 2 aromatic rings. The number of hydrogen-bond acceptors (Lipinski definition) is 5. The molecule has 30 heavy (non-hydrogen) atoms. The van der Waals surface area contributed by atoms with Gasteiger partial charge in [-0.1, -0.05) is 42.1 Å². The van der Waals surface area contributed by atoms with Crippen LogP contribution in [0.15, 0.2) is 53.6 Å². The van der Waals surface area contributed by atoms with E-state index < -0.39 is 16.6 Å². The number of carbonyl (C=O) groups excluding carboxylic acids is 1. The van der Waals surface area contributed by atoms with Crippen molar-refractivity contribution in [2.45, 2.75) is 24.4 Å². The predicted octanol–water partition coefficient (Wildman–Crippen LogP) is 4.17. The predicted molar refractivity (Wildman–Crippen MR) is 109 cm³/mol. The zero-order chi connectivity index (χ0) is 21.5. The summed E-state index contributed by atoms with van der Waals surface area (Å²) in [6, 6.07) is 12.4. The van der Waals surface area contributed by atoms with E-state index in [0.29, 0.717) is 35.9 Å². The van der Waals surface area contributed by atoms with Gasteiger partial charge in [0.2, 0.25) is 5.91 Å². The Hall–Kier alpha value is -2.52. The first-order valence-electron chi connectivity index (χ1n) is 9.46. The number of alkyl halides is 3. The van der Waals surface area contributed by atoms with Crippen molar-refractivity contribution < 1.29 is 22.7 Å². The third kappa shape index (κ3) is 3.35. The molecular formula is C21H20F3N3O2S. The van der Waals surface area contributed by atoms with Crippen molar-refractivity contribution in [3.05, 3.63) is 65.2 Å². The molecule has 2 aliphatic heterocycles. The summed E-state index contributed by atoms with van der Waals surface area (Å²) in [5.74, 6) is 0.145. The largest absolute Gasteiger partial charge is 0.493 e. The Morgan fingerprint density at radius 2 is 2.07 bits per heavy atom. The maximum Gasteiger partial charge on any atom is 0.416 e. The molecule has 1 spiro atoms. The van der Waals surface area contributed by atoms with E-state index in [2.05, 4.69) is 5.10 Å². The quantitative estimate of drug-likeness (QED) is 0.786. The SMILES string of the molecule is CC(=O)N1N=C(c2cccc(C(F)(F)F)c2)S[C@@]12c1ccccc1OC[C@@H]2CCN. The Morgan fingerprint density at radius 3 is 2.77 bits per heavy atom. The Morgan fingerprint density at radius 1 is 1.30 bits per heavy atom. The number of hydrogen-bond donors (Lipinski definition) is 1. The van der Waals surface area contributed by atoms with Crippen molar-refractivity contribution in [3.8, 4) is 5.75 Å². The average molecular weight is 435 g/mol. The summed E-state index contributed by atoms with van der Waals surface area (Å²) >= 11 is 1.29. The third-order valence-electron chi connectivity index (χ3n) is 5.27. The van der Waals surface area contributed by atoms with E-state index in [0.717, 1.165) is 17.7 Å². The van der Waals surface area contributed by atoms with Crippen LogP contribution in [0.3, 0.4) is 0 Å². The molecule has 158 valence electrons. The van der Waals surface area contributed by atoms with Gasteiger partial charge < -0.3 is 10.5 Å². The molecule has 2 heterocycles. The van der Waals surface area contributed by atoms with Crippen LogP contribution in [0.25, 0.3) is 0 Å². The third-order valence-corrected chi connectivity index (χ3v) is 6.82. The highest BCUT2D eigenvalue weighted by Gasteiger charge is 2.56. The number of ether oxygens (including phenoxy) is 1. The zero-order valence-electron chi connectivity index (χ0n) is 16.1. The van der Waals surface area contributed by atoms with Crippen molar-refractivity contribution in [1.82, 2.24) is 5.01 Å². The first kappa shape index (κ1) is 20.7. The van der Waals surface area contributed by atoms with Crippen LogP contribution >= 0.6 is 11.8 Å². The van der Waals surface area contributed by atoms with Crippen LogP contribution in [-0.4, -0.2) is 29.1 Å². The van der Waals surface area contributed by atoms with Gasteiger partial charge in [-0.3, -0.25) is 4.79 Å². The monoisotopic (exact) mass is 435 g/mol. The lowest BCUT2D eigenvalue weighted by Gasteiger charge is -2.45. The highest BCUT2D eigenvalue weighted by Crippen LogP contribution is 2.57. The molecule has 9 heteroatoms. The summed E-state index contributed by atoms with van der Waals surface area (Å²) in [5.41, 5.74) is 6.15. The molecule has 0 saturated carbocycles. The zero-order valence-corrected chi connectivity index (χ0v) is 17.0. The van der Waals surface area contributed by atoms with Gasteiger partial charge in [0.15, 0.2) is 4.87 Å². The highest BCUT2D eigenvalue weighted by molar-refractivity contribution is 8.15. The summed E-state index contributed by atoms with van der Waals surface area (Å²) in [5, 5.41) is 6.23. The Labute approximate surface area is 176 Å². The molecule has 0 bridgehead atoms. The van der Waals surface area contributed by atoms with Crippen LogP contribution in [0, 0.1) is 5.92 Å². The second kappa shape index (κ2) is 7.63. The van der Waals surface area contributed by atoms with Crippen LogP contribution in [0.1, 0.15) is 30.0 Å². The van der Waals surface area contributed by atoms with Gasteiger partial charge in [0.1, 0.15) is 10.8 Å². The number of nitrogens with zero attached hydrogens (tertiary/aromatic N) is 2. The molecule has 0 radical (unpaired) electrons. The topological polar surface area (TPSA) is 67.9 Å². The number of nitrogens with two attached hydrogens (primary N) is 1. The normalized spacial score (nSPS) is 23.2. The maximum atomic E-state index is 13.2. The van der Waals surface area contributed by atoms with Crippen LogP contribution in [-0.2, 0) is 15.8 Å². The molecule has 0 aliphatic carbocycles. The molecule has 5 nitrogen and oxygen atoms in total. The smallest absolute Gasteiger partial charge is 0.416 e. The molecule has 1 amide bonds. The van der Waals surface area contributed by atoms with Crippen molar-refractivity contribution in [1.29, 1.82) is 0 Å². The highest BCUT2D eigenvalue weighted by atomic mass is 32.2. The van der Waals surface area contributed by atoms with E-state index in [1.54, 1.807) is 6.07 Å². The summed E-state index contributed by atoms with van der Waals surface area (Å²) in [6.45, 7) is 2.11. The Balaban J connectivity index is 1.85. The van der Waals surface area contributed by atoms with Gasteiger partial charge in [0.25, 0.3) is 0 Å². The molecule has 2 aliphatic rings. The number of fused-ring (bicyclic) bond motifs is 2. The lowest BCUT2D eigenvalue weighted by Crippen LogP contribution is -2.51. The molecule has 2 atom stereocenters. The molecule has 0 saturated heterocycles. The fraction of sp³-hybridized carbons (Fsp3) is 0.333. The van der Waals surface area contributed by atoms with Crippen LogP contribution < -0.4 is 10.5 Å². The van der Waals surface area contributed by atoms with E-state index in [9.17, 15) is 18.0 Å². The van der Waals surface area contributed by atoms with Crippen molar-refractivity contribution in [2.75, 3.05) is 13.2 Å². The number of carbonyl (C=O) groups is 1. The minimum Gasteiger partial charge on any atom is -0.493 e. The van der Waals surface area contributed by atoms with Gasteiger partial charge in [0, 0.05) is 24.0 Å². The molecule has 2 N–H and O–H groups in total. The molecular weight excluding hydrogens is 415 g/mol. The van der Waals surface area contributed by atoms with Crippen LogP contribution in [0.2, 0.25) is 0 Å². The number of thioether (sulfide) groups is 1. The average Bonchev–Trinajstić information content (AvgIpc) is 3.12. The number of hydrazone groups is 1. The lowest BCUT2D eigenvalue weighted by molar-refractivity contribution is -0.137. The fourth-order valence-corrected chi connectivity index (χ4v) is 5.49. The van der Waals surface area contributed by atoms with E-state index in [1.165, 1.54) is 29.8 Å². The standard InChI is InChI=1S/C21H20F3N3O2S/c1-13(28)27-20(16(9-10-25)12-29-18-8-3-2-7-17(18)20)30-19(26-27)14-5-4-6-15(11-14)21(22,23)24/h2-8,11,16H,9-10,12,25H2,1H3/t16-,20-/m0/s1. The van der Waals surface area contributed by atoms with E-state index in [-0.39, 0.29) is 11.8 Å². The van der Waals surface area contributed by atoms with E-state index in [1.807, 2.05) is 24.3 Å². The number of amides is 1. The fourth-order valence-electron chi connectivity index (χ4n) is 3.94. The van der Waals surface area contributed by atoms with Gasteiger partial charge in [-0.2, -0.15) is 18.3 Å². The number of para-hydroxylation sites is 1. The van der Waals surface area contributed by atoms with Gasteiger partial charge in [-0.15, -0.1) is 0 Å². The summed E-state index contributed by atoms with van der Waals surface area (Å²) in [4.78, 5) is 11.7. The minimum absolute atomic E-state index is 0.182. The second-order valence-corrected chi connectivity index (χ2v) is 8.41. The number of rotatable bonds is 3. The van der Waals surface area contributed by atoms with E-state index in [4.69, 9.17) is 10.5 Å². The molecule has 0 aromatic heterocycles. The van der Waals surface area contributed by atoms with Gasteiger partial charge in [0.05, 0.1) is 12.2 Å². The van der Waals surface area contributed by atoms with Crippen LogP contribution in [0.4, 0.5) is 13.2 Å². The Bertz CT molecular complexity index is 1010. The molecule has 4 rings (SSSR count). The molecule has 2 aromatic carbocycles. The van der Waals surface area contributed by atoms with Crippen molar-refractivity contribution in [2.24, 2.45) is 16.8 Å². The first-order chi connectivity index (χ1) is 14.3. The van der Waals surface area contributed by atoms with Crippen LogP contribution in [0.5, 0.6) is 5.75 Å². The summed E-state index contributed by atoms with van der Waals surface area (Å²) in [7, 11) is 0. The van der Waals surface area contributed by atoms with E-state index >= 15 is 0 Å². The van der Waals surface area contributed by atoms with Crippen molar-refractivity contribution >= 4 is 22.7 Å². The van der Waals surface area contributed by atoms with Gasteiger partial charge in [-0.25, -0.2) is 5.01 Å².